The van der Waals surface area contributed by atoms with Gasteiger partial charge < -0.3 is 20.1 Å². The number of halogens is 1. The second-order valence-electron chi connectivity index (χ2n) is 6.73. The summed E-state index contributed by atoms with van der Waals surface area (Å²) in [6.07, 6.45) is 0.506. The van der Waals surface area contributed by atoms with E-state index in [0.29, 0.717) is 23.5 Å². The Bertz CT molecular complexity index is 930. The summed E-state index contributed by atoms with van der Waals surface area (Å²) in [4.78, 5) is 35.9. The van der Waals surface area contributed by atoms with Crippen molar-refractivity contribution in [1.29, 1.82) is 0 Å². The molecular formula is C22H25BrN2O5. The molecule has 0 spiro atoms. The summed E-state index contributed by atoms with van der Waals surface area (Å²) < 4.78 is 11.1. The first-order chi connectivity index (χ1) is 14.3. The fourth-order valence-electron chi connectivity index (χ4n) is 2.67. The Morgan fingerprint density at radius 3 is 2.37 bits per heavy atom. The largest absolute Gasteiger partial charge is 0.495 e. The number of carbonyl (C=O) groups excluding carboxylic acids is 3. The van der Waals surface area contributed by atoms with Crippen molar-refractivity contribution < 1.29 is 23.9 Å². The lowest BCUT2D eigenvalue weighted by Crippen LogP contribution is -2.21. The number of rotatable bonds is 9. The molecule has 0 heterocycles. The van der Waals surface area contributed by atoms with Crippen LogP contribution in [0.2, 0.25) is 0 Å². The van der Waals surface area contributed by atoms with E-state index < -0.39 is 11.9 Å². The number of carbonyl (C=O) groups is 3. The molecule has 2 amide bonds. The average molecular weight is 477 g/mol. The highest BCUT2D eigenvalue weighted by atomic mass is 79.9. The van der Waals surface area contributed by atoms with E-state index in [2.05, 4.69) is 26.6 Å². The van der Waals surface area contributed by atoms with Crippen LogP contribution in [-0.2, 0) is 19.1 Å². The standard InChI is InChI=1S/C22H25BrN2O5/c1-14-12-18(15(2)11-16(14)23)25-21(27)13-30-22(28)10-6-9-20(26)24-17-7-4-5-8-19(17)29-3/h4-5,7-8,11-12H,6,9-10,13H2,1-3H3,(H,24,26)(H,25,27). The molecule has 0 aliphatic rings. The van der Waals surface area contributed by atoms with Crippen LogP contribution in [0.3, 0.4) is 0 Å². The predicted octanol–water partition coefficient (Wildman–Crippen LogP) is 4.37. The van der Waals surface area contributed by atoms with E-state index in [4.69, 9.17) is 9.47 Å². The van der Waals surface area contributed by atoms with Crippen molar-refractivity contribution >= 4 is 45.1 Å². The van der Waals surface area contributed by atoms with Gasteiger partial charge in [-0.1, -0.05) is 28.1 Å². The molecule has 0 atom stereocenters. The third-order valence-electron chi connectivity index (χ3n) is 4.31. The van der Waals surface area contributed by atoms with Crippen LogP contribution in [-0.4, -0.2) is 31.5 Å². The first kappa shape index (κ1) is 23.4. The molecule has 30 heavy (non-hydrogen) atoms. The summed E-state index contributed by atoms with van der Waals surface area (Å²) in [6, 6.07) is 10.8. The third-order valence-corrected chi connectivity index (χ3v) is 5.16. The molecule has 7 nitrogen and oxygen atoms in total. The van der Waals surface area contributed by atoms with E-state index in [1.807, 2.05) is 26.0 Å². The highest BCUT2D eigenvalue weighted by molar-refractivity contribution is 9.10. The highest BCUT2D eigenvalue weighted by Gasteiger charge is 2.12. The molecule has 2 rings (SSSR count). The summed E-state index contributed by atoms with van der Waals surface area (Å²) in [5.74, 6) is -0.611. The molecule has 0 saturated heterocycles. The van der Waals surface area contributed by atoms with E-state index in [0.717, 1.165) is 15.6 Å². The van der Waals surface area contributed by atoms with Crippen molar-refractivity contribution in [3.05, 3.63) is 52.0 Å². The lowest BCUT2D eigenvalue weighted by atomic mass is 10.1. The number of esters is 1. The van der Waals surface area contributed by atoms with Crippen LogP contribution in [0, 0.1) is 13.8 Å². The van der Waals surface area contributed by atoms with E-state index in [1.54, 1.807) is 24.3 Å². The normalized spacial score (nSPS) is 10.3. The van der Waals surface area contributed by atoms with Gasteiger partial charge in [-0.15, -0.1) is 0 Å². The van der Waals surface area contributed by atoms with Gasteiger partial charge in [0.05, 0.1) is 12.8 Å². The first-order valence-electron chi connectivity index (χ1n) is 9.45. The molecule has 0 fully saturated rings. The Hall–Kier alpha value is -2.87. The monoisotopic (exact) mass is 476 g/mol. The number of ether oxygens (including phenoxy) is 2. The van der Waals surface area contributed by atoms with Gasteiger partial charge in [0.2, 0.25) is 5.91 Å². The summed E-state index contributed by atoms with van der Waals surface area (Å²) in [5.41, 5.74) is 3.12. The van der Waals surface area contributed by atoms with Crippen molar-refractivity contribution in [2.75, 3.05) is 24.4 Å². The molecule has 0 radical (unpaired) electrons. The van der Waals surface area contributed by atoms with Gasteiger partial charge >= 0.3 is 5.97 Å². The smallest absolute Gasteiger partial charge is 0.306 e. The second-order valence-corrected chi connectivity index (χ2v) is 7.58. The number of para-hydroxylation sites is 2. The van der Waals surface area contributed by atoms with Crippen LogP contribution in [0.25, 0.3) is 0 Å². The predicted molar refractivity (Wildman–Crippen MR) is 119 cm³/mol. The zero-order valence-corrected chi connectivity index (χ0v) is 18.8. The Balaban J connectivity index is 1.70. The van der Waals surface area contributed by atoms with Gasteiger partial charge in [0.25, 0.3) is 5.91 Å². The minimum atomic E-state index is -0.529. The van der Waals surface area contributed by atoms with Gasteiger partial charge in [0, 0.05) is 23.0 Å². The van der Waals surface area contributed by atoms with Crippen molar-refractivity contribution in [3.8, 4) is 5.75 Å². The zero-order chi connectivity index (χ0) is 22.1. The molecule has 0 bridgehead atoms. The number of methoxy groups -OCH3 is 1. The Kier molecular flexibility index (Phi) is 8.86. The number of hydrogen-bond donors (Lipinski definition) is 2. The molecule has 0 unspecified atom stereocenters. The molecule has 0 saturated carbocycles. The molecule has 0 aromatic heterocycles. The molecule has 2 aromatic rings. The number of hydrogen-bond acceptors (Lipinski definition) is 5. The fraction of sp³-hybridized carbons (Fsp3) is 0.318. The van der Waals surface area contributed by atoms with E-state index >= 15 is 0 Å². The van der Waals surface area contributed by atoms with Gasteiger partial charge in [-0.3, -0.25) is 14.4 Å². The Morgan fingerprint density at radius 2 is 1.63 bits per heavy atom. The van der Waals surface area contributed by atoms with Crippen LogP contribution >= 0.6 is 15.9 Å². The van der Waals surface area contributed by atoms with E-state index in [-0.39, 0.29) is 25.4 Å². The summed E-state index contributed by atoms with van der Waals surface area (Å²) in [7, 11) is 1.52. The fourth-order valence-corrected chi connectivity index (χ4v) is 3.13. The number of nitrogens with one attached hydrogen (secondary N) is 2. The third kappa shape index (κ3) is 7.18. The van der Waals surface area contributed by atoms with Crippen molar-refractivity contribution in [2.45, 2.75) is 33.1 Å². The molecule has 2 N–H and O–H groups in total. The van der Waals surface area contributed by atoms with Crippen LogP contribution in [0.4, 0.5) is 11.4 Å². The highest BCUT2D eigenvalue weighted by Crippen LogP contribution is 2.25. The maximum atomic E-state index is 12.0. The van der Waals surface area contributed by atoms with Gasteiger partial charge in [-0.25, -0.2) is 0 Å². The van der Waals surface area contributed by atoms with Crippen LogP contribution < -0.4 is 15.4 Å². The molecule has 0 aliphatic heterocycles. The van der Waals surface area contributed by atoms with Gasteiger partial charge in [0.15, 0.2) is 6.61 Å². The maximum Gasteiger partial charge on any atom is 0.306 e. The minimum absolute atomic E-state index is 0.0447. The zero-order valence-electron chi connectivity index (χ0n) is 17.2. The van der Waals surface area contributed by atoms with Crippen LogP contribution in [0.1, 0.15) is 30.4 Å². The summed E-state index contributed by atoms with van der Waals surface area (Å²) in [6.45, 7) is 3.42. The van der Waals surface area contributed by atoms with Crippen LogP contribution in [0.15, 0.2) is 40.9 Å². The summed E-state index contributed by atoms with van der Waals surface area (Å²) in [5, 5.41) is 5.48. The molecular weight excluding hydrogens is 452 g/mol. The van der Waals surface area contributed by atoms with Gasteiger partial charge in [-0.2, -0.15) is 0 Å². The number of anilines is 2. The number of aryl methyl sites for hydroxylation is 2. The second kappa shape index (κ2) is 11.3. The number of amides is 2. The maximum absolute atomic E-state index is 12.0. The van der Waals surface area contributed by atoms with E-state index in [9.17, 15) is 14.4 Å². The number of benzene rings is 2. The Labute approximate surface area is 184 Å². The molecule has 8 heteroatoms. The van der Waals surface area contributed by atoms with Crippen LogP contribution in [0.5, 0.6) is 5.75 Å². The topological polar surface area (TPSA) is 93.7 Å². The van der Waals surface area contributed by atoms with Gasteiger partial charge in [0.1, 0.15) is 5.75 Å². The lowest BCUT2D eigenvalue weighted by molar-refractivity contribution is -0.147. The Morgan fingerprint density at radius 1 is 0.933 bits per heavy atom. The van der Waals surface area contributed by atoms with Crippen molar-refractivity contribution in [1.82, 2.24) is 0 Å². The molecule has 2 aromatic carbocycles. The average Bonchev–Trinajstić information content (AvgIpc) is 2.71. The summed E-state index contributed by atoms with van der Waals surface area (Å²) >= 11 is 3.44. The quantitative estimate of drug-likeness (QED) is 0.524. The SMILES string of the molecule is COc1ccccc1NC(=O)CCCC(=O)OCC(=O)Nc1cc(C)c(Br)cc1C. The van der Waals surface area contributed by atoms with Gasteiger partial charge in [-0.05, 0) is 55.7 Å². The molecule has 0 aliphatic carbocycles. The van der Waals surface area contributed by atoms with Crippen molar-refractivity contribution in [3.63, 3.8) is 0 Å². The minimum Gasteiger partial charge on any atom is -0.495 e. The lowest BCUT2D eigenvalue weighted by Gasteiger charge is -2.11. The van der Waals surface area contributed by atoms with Crippen molar-refractivity contribution in [2.24, 2.45) is 0 Å². The molecule has 160 valence electrons. The first-order valence-corrected chi connectivity index (χ1v) is 10.2. The van der Waals surface area contributed by atoms with E-state index in [1.165, 1.54) is 7.11 Å².